The number of nitrogens with zero attached hydrogens (tertiary/aromatic N) is 1. The maximum atomic E-state index is 11.2. The Kier molecular flexibility index (Phi) is 6.11. The lowest BCUT2D eigenvalue weighted by Crippen LogP contribution is -2.40. The molecule has 11 heteroatoms. The van der Waals surface area contributed by atoms with Crippen LogP contribution in [0.4, 0.5) is 5.69 Å². The predicted molar refractivity (Wildman–Crippen MR) is 84.3 cm³/mol. The molecular weight excluding hydrogens is 348 g/mol. The first-order valence-electron chi connectivity index (χ1n) is 6.36. The Labute approximate surface area is 134 Å². The molecule has 0 amide bonds. The second kappa shape index (κ2) is 7.25. The third-order valence-corrected chi connectivity index (χ3v) is 3.22. The number of hydrogen-bond acceptors (Lipinski definition) is 6. The number of benzene rings is 1. The zero-order chi connectivity index (χ0) is 17.8. The first-order chi connectivity index (χ1) is 10.3. The predicted octanol–water partition coefficient (Wildman–Crippen LogP) is -0.356. The fourth-order valence-corrected chi connectivity index (χ4v) is 2.62. The van der Waals surface area contributed by atoms with Gasteiger partial charge in [0, 0.05) is 6.54 Å². The van der Waals surface area contributed by atoms with Crippen molar-refractivity contribution in [2.24, 2.45) is 0 Å². The Morgan fingerprint density at radius 3 is 2.30 bits per heavy atom. The molecule has 1 aliphatic rings. The van der Waals surface area contributed by atoms with Crippen LogP contribution in [-0.4, -0.2) is 51.5 Å². The average molecular weight is 366 g/mol. The number of rotatable bonds is 4. The Bertz CT molecular complexity index is 780. The summed E-state index contributed by atoms with van der Waals surface area (Å²) in [5, 5.41) is 10.3. The molecular formula is C12H18N2O7S2. The minimum Gasteiger partial charge on any atom is -0.481 e. The fraction of sp³-hybridized carbons (Fsp3) is 0.417. The molecule has 0 spiro atoms. The fourth-order valence-electron chi connectivity index (χ4n) is 2.03. The van der Waals surface area contributed by atoms with Crippen LogP contribution in [0.3, 0.4) is 0 Å². The molecule has 1 heterocycles. The Balaban J connectivity index is 0.000000463. The normalized spacial score (nSPS) is 14.0. The van der Waals surface area contributed by atoms with E-state index in [-0.39, 0.29) is 6.42 Å². The number of carbonyl (C=O) groups is 1. The number of hydrazine groups is 1. The SMILES string of the molecule is CS(=O)(=O)NN1CCc2cc(CC(=O)O)ccc21.CS(=O)(=O)O. The minimum atomic E-state index is -3.67. The summed E-state index contributed by atoms with van der Waals surface area (Å²) in [7, 11) is -6.96. The van der Waals surface area contributed by atoms with Gasteiger partial charge in [-0.05, 0) is 23.6 Å². The van der Waals surface area contributed by atoms with E-state index < -0.39 is 26.1 Å². The van der Waals surface area contributed by atoms with E-state index >= 15 is 0 Å². The number of carboxylic acids is 1. The Morgan fingerprint density at radius 1 is 1.26 bits per heavy atom. The third-order valence-electron chi connectivity index (χ3n) is 2.67. The molecule has 3 N–H and O–H groups in total. The van der Waals surface area contributed by atoms with Crippen LogP contribution in [-0.2, 0) is 37.8 Å². The Morgan fingerprint density at radius 2 is 1.83 bits per heavy atom. The molecule has 0 saturated carbocycles. The number of carboxylic acid groups (broad SMARTS) is 1. The topological polar surface area (TPSA) is 141 Å². The van der Waals surface area contributed by atoms with E-state index in [1.807, 2.05) is 6.07 Å². The van der Waals surface area contributed by atoms with Crippen LogP contribution in [0.1, 0.15) is 11.1 Å². The van der Waals surface area contributed by atoms with Crippen molar-refractivity contribution in [2.75, 3.05) is 24.1 Å². The lowest BCUT2D eigenvalue weighted by molar-refractivity contribution is -0.136. The molecule has 0 radical (unpaired) electrons. The van der Waals surface area contributed by atoms with Crippen LogP contribution in [0.2, 0.25) is 0 Å². The van der Waals surface area contributed by atoms with E-state index in [1.54, 1.807) is 17.1 Å². The highest BCUT2D eigenvalue weighted by molar-refractivity contribution is 7.88. The largest absolute Gasteiger partial charge is 0.481 e. The number of nitrogens with one attached hydrogen (secondary N) is 1. The second-order valence-corrected chi connectivity index (χ2v) is 8.22. The third kappa shape index (κ3) is 7.93. The summed E-state index contributed by atoms with van der Waals surface area (Å²) in [6, 6.07) is 5.27. The number of hydrogen-bond donors (Lipinski definition) is 3. The molecule has 0 aromatic heterocycles. The van der Waals surface area contributed by atoms with Crippen molar-refractivity contribution in [1.29, 1.82) is 0 Å². The van der Waals surface area contributed by atoms with Gasteiger partial charge in [0.2, 0.25) is 10.0 Å². The Hall–Kier alpha value is -1.69. The van der Waals surface area contributed by atoms with E-state index in [2.05, 4.69) is 4.83 Å². The molecule has 0 atom stereocenters. The van der Waals surface area contributed by atoms with Crippen LogP contribution in [0.5, 0.6) is 0 Å². The van der Waals surface area contributed by atoms with Gasteiger partial charge in [0.1, 0.15) is 0 Å². The van der Waals surface area contributed by atoms with Crippen molar-refractivity contribution in [1.82, 2.24) is 4.83 Å². The summed E-state index contributed by atoms with van der Waals surface area (Å²) >= 11 is 0. The number of aliphatic carboxylic acids is 1. The lowest BCUT2D eigenvalue weighted by atomic mass is 10.1. The molecule has 1 aromatic rings. The van der Waals surface area contributed by atoms with Crippen LogP contribution in [0, 0.1) is 0 Å². The summed E-state index contributed by atoms with van der Waals surface area (Å²) in [4.78, 5) is 13.0. The number of anilines is 1. The van der Waals surface area contributed by atoms with Gasteiger partial charge in [0.05, 0.1) is 24.6 Å². The van der Waals surface area contributed by atoms with Crippen molar-refractivity contribution in [3.63, 3.8) is 0 Å². The molecule has 0 fully saturated rings. The molecule has 1 aromatic carbocycles. The van der Waals surface area contributed by atoms with Gasteiger partial charge in [0.15, 0.2) is 0 Å². The van der Waals surface area contributed by atoms with Crippen molar-refractivity contribution >= 4 is 31.8 Å². The summed E-state index contributed by atoms with van der Waals surface area (Å²) in [5.74, 6) is -0.876. The summed E-state index contributed by atoms with van der Waals surface area (Å²) in [5.41, 5.74) is 2.47. The van der Waals surface area contributed by atoms with Gasteiger partial charge >= 0.3 is 5.97 Å². The van der Waals surface area contributed by atoms with Gasteiger partial charge < -0.3 is 5.11 Å². The van der Waals surface area contributed by atoms with Gasteiger partial charge in [0.25, 0.3) is 10.1 Å². The maximum absolute atomic E-state index is 11.2. The van der Waals surface area contributed by atoms with Gasteiger partial charge in [-0.15, -0.1) is 4.83 Å². The smallest absolute Gasteiger partial charge is 0.307 e. The average Bonchev–Trinajstić information content (AvgIpc) is 2.66. The van der Waals surface area contributed by atoms with E-state index in [4.69, 9.17) is 9.66 Å². The zero-order valence-corrected chi connectivity index (χ0v) is 14.2. The van der Waals surface area contributed by atoms with Gasteiger partial charge in [-0.3, -0.25) is 14.4 Å². The minimum absolute atomic E-state index is 0.0210. The van der Waals surface area contributed by atoms with Gasteiger partial charge in [-0.25, -0.2) is 8.42 Å². The second-order valence-electron chi connectivity index (χ2n) is 5.03. The molecule has 0 bridgehead atoms. The molecule has 23 heavy (non-hydrogen) atoms. The van der Waals surface area contributed by atoms with E-state index in [1.165, 1.54) is 0 Å². The van der Waals surface area contributed by atoms with Gasteiger partial charge in [-0.1, -0.05) is 12.1 Å². The molecule has 0 saturated heterocycles. The molecule has 9 nitrogen and oxygen atoms in total. The maximum Gasteiger partial charge on any atom is 0.307 e. The molecule has 0 aliphatic carbocycles. The zero-order valence-electron chi connectivity index (χ0n) is 12.6. The molecule has 130 valence electrons. The van der Waals surface area contributed by atoms with Crippen LogP contribution in [0.15, 0.2) is 18.2 Å². The summed E-state index contributed by atoms with van der Waals surface area (Å²) < 4.78 is 48.2. The molecule has 2 rings (SSSR count). The molecule has 0 unspecified atom stereocenters. The van der Waals surface area contributed by atoms with Crippen LogP contribution < -0.4 is 9.84 Å². The first-order valence-corrected chi connectivity index (χ1v) is 10.1. The van der Waals surface area contributed by atoms with Gasteiger partial charge in [-0.2, -0.15) is 8.42 Å². The van der Waals surface area contributed by atoms with Crippen LogP contribution in [0.25, 0.3) is 0 Å². The lowest BCUT2D eigenvalue weighted by Gasteiger charge is -2.18. The summed E-state index contributed by atoms with van der Waals surface area (Å²) in [6.45, 7) is 0.554. The standard InChI is InChI=1S/C11H14N2O4S.CH4O3S/c1-18(16,17)12-13-5-4-9-6-8(7-11(14)15)2-3-10(9)13;1-5(2,3)4/h2-3,6,12H,4-5,7H2,1H3,(H,14,15);1H3,(H,2,3,4). The molecule has 1 aliphatic heterocycles. The highest BCUT2D eigenvalue weighted by Gasteiger charge is 2.21. The summed E-state index contributed by atoms with van der Waals surface area (Å²) in [6.07, 6.45) is 2.49. The van der Waals surface area contributed by atoms with Crippen LogP contribution >= 0.6 is 0 Å². The highest BCUT2D eigenvalue weighted by atomic mass is 32.2. The quantitative estimate of drug-likeness (QED) is 0.614. The van der Waals surface area contributed by atoms with Crippen molar-refractivity contribution < 1.29 is 31.3 Å². The monoisotopic (exact) mass is 366 g/mol. The van der Waals surface area contributed by atoms with E-state index in [0.29, 0.717) is 19.2 Å². The van der Waals surface area contributed by atoms with E-state index in [9.17, 15) is 21.6 Å². The van der Waals surface area contributed by atoms with E-state index in [0.717, 1.165) is 23.1 Å². The van der Waals surface area contributed by atoms with Crippen molar-refractivity contribution in [3.05, 3.63) is 29.3 Å². The number of fused-ring (bicyclic) bond motifs is 1. The first kappa shape index (κ1) is 19.4. The number of sulfonamides is 1. The van der Waals surface area contributed by atoms with Crippen molar-refractivity contribution in [3.8, 4) is 0 Å². The highest BCUT2D eigenvalue weighted by Crippen LogP contribution is 2.27. The van der Waals surface area contributed by atoms with Crippen molar-refractivity contribution in [2.45, 2.75) is 12.8 Å².